The van der Waals surface area contributed by atoms with E-state index in [0.717, 1.165) is 10.2 Å². The first kappa shape index (κ1) is 14.0. The molecule has 0 heterocycles. The lowest BCUT2D eigenvalue weighted by molar-refractivity contribution is -0.146. The minimum atomic E-state index is -0.737. The topological polar surface area (TPSA) is 38.3 Å². The number of esters is 1. The molecular formula is C13H18BrNO2. The van der Waals surface area contributed by atoms with Crippen molar-refractivity contribution in [3.63, 3.8) is 0 Å². The fourth-order valence-electron chi connectivity index (χ4n) is 1.49. The number of hydrogen-bond acceptors (Lipinski definition) is 3. The van der Waals surface area contributed by atoms with E-state index in [4.69, 9.17) is 4.74 Å². The molecule has 1 aromatic carbocycles. The Bertz CT molecular complexity index is 406. The first-order valence-electron chi connectivity index (χ1n) is 5.53. The minimum Gasteiger partial charge on any atom is -0.467 e. The molecule has 0 saturated carbocycles. The van der Waals surface area contributed by atoms with Gasteiger partial charge >= 0.3 is 5.97 Å². The van der Waals surface area contributed by atoms with E-state index in [9.17, 15) is 4.79 Å². The molecule has 0 fully saturated rings. The second kappa shape index (κ2) is 5.54. The van der Waals surface area contributed by atoms with Gasteiger partial charge in [0.1, 0.15) is 5.54 Å². The van der Waals surface area contributed by atoms with Gasteiger partial charge in [0.15, 0.2) is 0 Å². The van der Waals surface area contributed by atoms with Crippen LogP contribution < -0.4 is 5.32 Å². The summed E-state index contributed by atoms with van der Waals surface area (Å²) in [5.41, 5.74) is 0.146. The number of carbonyl (C=O) groups excluding carboxylic acids is 1. The zero-order valence-electron chi connectivity index (χ0n) is 10.6. The average molecular weight is 300 g/mol. The van der Waals surface area contributed by atoms with Gasteiger partial charge in [-0.2, -0.15) is 0 Å². The summed E-state index contributed by atoms with van der Waals surface area (Å²) in [6.07, 6.45) is 0. The van der Waals surface area contributed by atoms with Gasteiger partial charge in [0.05, 0.1) is 7.11 Å². The lowest BCUT2D eigenvalue weighted by Crippen LogP contribution is -2.48. The van der Waals surface area contributed by atoms with Gasteiger partial charge < -0.3 is 10.1 Å². The Kier molecular flexibility index (Phi) is 4.57. The van der Waals surface area contributed by atoms with Crippen molar-refractivity contribution in [2.45, 2.75) is 26.3 Å². The summed E-state index contributed by atoms with van der Waals surface area (Å²) in [4.78, 5) is 11.9. The van der Waals surface area contributed by atoms with Crippen LogP contribution in [-0.4, -0.2) is 18.6 Å². The number of hydrogen-bond donors (Lipinski definition) is 1. The highest BCUT2D eigenvalue weighted by molar-refractivity contribution is 9.10. The fraction of sp³-hybridized carbons (Fsp3) is 0.462. The normalized spacial score (nSPS) is 14.2. The molecule has 1 atom stereocenters. The van der Waals surface area contributed by atoms with Crippen LogP contribution in [0.2, 0.25) is 0 Å². The highest BCUT2D eigenvalue weighted by Crippen LogP contribution is 2.29. The molecule has 0 amide bonds. The number of para-hydroxylation sites is 1. The van der Waals surface area contributed by atoms with Gasteiger partial charge in [-0.1, -0.05) is 26.0 Å². The highest BCUT2D eigenvalue weighted by Gasteiger charge is 2.38. The van der Waals surface area contributed by atoms with Gasteiger partial charge in [0.2, 0.25) is 0 Å². The molecule has 1 unspecified atom stereocenters. The van der Waals surface area contributed by atoms with Crippen LogP contribution in [0.25, 0.3) is 0 Å². The lowest BCUT2D eigenvalue weighted by atomic mass is 9.88. The Balaban J connectivity index is 3.04. The van der Waals surface area contributed by atoms with Gasteiger partial charge in [-0.25, -0.2) is 4.79 Å². The Morgan fingerprint density at radius 1 is 1.41 bits per heavy atom. The largest absolute Gasteiger partial charge is 0.467 e. The molecule has 17 heavy (non-hydrogen) atoms. The van der Waals surface area contributed by atoms with Crippen LogP contribution in [0.15, 0.2) is 28.7 Å². The minimum absolute atomic E-state index is 0.113. The molecular weight excluding hydrogens is 282 g/mol. The van der Waals surface area contributed by atoms with Gasteiger partial charge in [0.25, 0.3) is 0 Å². The Morgan fingerprint density at radius 2 is 2.00 bits per heavy atom. The van der Waals surface area contributed by atoms with Crippen LogP contribution in [0.3, 0.4) is 0 Å². The third-order valence-corrected chi connectivity index (χ3v) is 3.72. The van der Waals surface area contributed by atoms with Crippen LogP contribution in [-0.2, 0) is 9.53 Å². The second-order valence-corrected chi connectivity index (χ2v) is 5.31. The smallest absolute Gasteiger partial charge is 0.331 e. The molecule has 0 aliphatic rings. The van der Waals surface area contributed by atoms with E-state index in [-0.39, 0.29) is 11.9 Å². The summed E-state index contributed by atoms with van der Waals surface area (Å²) in [6, 6.07) is 7.71. The fourth-order valence-corrected chi connectivity index (χ4v) is 1.87. The van der Waals surface area contributed by atoms with Crippen molar-refractivity contribution in [2.24, 2.45) is 5.92 Å². The summed E-state index contributed by atoms with van der Waals surface area (Å²) in [7, 11) is 1.41. The van der Waals surface area contributed by atoms with Gasteiger partial charge in [-0.05, 0) is 40.9 Å². The zero-order chi connectivity index (χ0) is 13.1. The first-order valence-corrected chi connectivity index (χ1v) is 6.32. The molecule has 1 aromatic rings. The van der Waals surface area contributed by atoms with E-state index in [1.54, 1.807) is 0 Å². The maximum Gasteiger partial charge on any atom is 0.331 e. The molecule has 0 bridgehead atoms. The van der Waals surface area contributed by atoms with Crippen LogP contribution in [0.4, 0.5) is 5.69 Å². The number of methoxy groups -OCH3 is 1. The SMILES string of the molecule is COC(=O)C(C)(Nc1ccccc1Br)C(C)C. The van der Waals surface area contributed by atoms with Crippen LogP contribution in [0, 0.1) is 5.92 Å². The second-order valence-electron chi connectivity index (χ2n) is 4.45. The number of rotatable bonds is 4. The molecule has 0 spiro atoms. The zero-order valence-corrected chi connectivity index (χ0v) is 12.2. The third-order valence-electron chi connectivity index (χ3n) is 3.03. The number of carbonyl (C=O) groups is 1. The summed E-state index contributed by atoms with van der Waals surface area (Å²) >= 11 is 3.45. The number of benzene rings is 1. The van der Waals surface area contributed by atoms with E-state index in [1.807, 2.05) is 45.0 Å². The van der Waals surface area contributed by atoms with Gasteiger partial charge in [0, 0.05) is 10.2 Å². The molecule has 0 saturated heterocycles. The average Bonchev–Trinajstić information content (AvgIpc) is 2.30. The Hall–Kier alpha value is -1.03. The third kappa shape index (κ3) is 3.00. The molecule has 0 radical (unpaired) electrons. The quantitative estimate of drug-likeness (QED) is 0.866. The maximum atomic E-state index is 11.9. The van der Waals surface area contributed by atoms with Crippen molar-refractivity contribution in [1.82, 2.24) is 0 Å². The van der Waals surface area contributed by atoms with Crippen molar-refractivity contribution in [1.29, 1.82) is 0 Å². The van der Waals surface area contributed by atoms with E-state index in [1.165, 1.54) is 7.11 Å². The predicted molar refractivity (Wildman–Crippen MR) is 73.0 cm³/mol. The summed E-state index contributed by atoms with van der Waals surface area (Å²) < 4.78 is 5.80. The molecule has 0 aromatic heterocycles. The van der Waals surface area contributed by atoms with E-state index < -0.39 is 5.54 Å². The summed E-state index contributed by atoms with van der Waals surface area (Å²) in [5, 5.41) is 3.25. The van der Waals surface area contributed by atoms with Gasteiger partial charge in [-0.15, -0.1) is 0 Å². The van der Waals surface area contributed by atoms with Crippen LogP contribution >= 0.6 is 15.9 Å². The summed E-state index contributed by atoms with van der Waals surface area (Å²) in [6.45, 7) is 5.82. The molecule has 94 valence electrons. The molecule has 0 aliphatic carbocycles. The highest BCUT2D eigenvalue weighted by atomic mass is 79.9. The number of nitrogens with one attached hydrogen (secondary N) is 1. The maximum absolute atomic E-state index is 11.9. The van der Waals surface area contributed by atoms with E-state index in [0.29, 0.717) is 0 Å². The first-order chi connectivity index (χ1) is 7.91. The number of anilines is 1. The number of halogens is 1. The van der Waals surface area contributed by atoms with Crippen molar-refractivity contribution >= 4 is 27.6 Å². The molecule has 0 aliphatic heterocycles. The Labute approximate surface area is 111 Å². The number of ether oxygens (including phenoxy) is 1. The molecule has 4 heteroatoms. The molecule has 1 N–H and O–H groups in total. The van der Waals surface area contributed by atoms with Crippen molar-refractivity contribution in [3.8, 4) is 0 Å². The standard InChI is InChI=1S/C13H18BrNO2/c1-9(2)13(3,12(16)17-4)15-11-8-6-5-7-10(11)14/h5-9,15H,1-4H3. The van der Waals surface area contributed by atoms with E-state index >= 15 is 0 Å². The van der Waals surface area contributed by atoms with Crippen LogP contribution in [0.5, 0.6) is 0 Å². The van der Waals surface area contributed by atoms with Crippen molar-refractivity contribution < 1.29 is 9.53 Å². The van der Waals surface area contributed by atoms with Gasteiger partial charge in [-0.3, -0.25) is 0 Å². The lowest BCUT2D eigenvalue weighted by Gasteiger charge is -2.33. The summed E-state index contributed by atoms with van der Waals surface area (Å²) in [5.74, 6) is -0.148. The van der Waals surface area contributed by atoms with E-state index in [2.05, 4.69) is 21.2 Å². The monoisotopic (exact) mass is 299 g/mol. The molecule has 3 nitrogen and oxygen atoms in total. The molecule has 1 rings (SSSR count). The van der Waals surface area contributed by atoms with Crippen molar-refractivity contribution in [2.75, 3.05) is 12.4 Å². The predicted octanol–water partition coefficient (Wildman–Crippen LogP) is 3.45. The van der Waals surface area contributed by atoms with Crippen molar-refractivity contribution in [3.05, 3.63) is 28.7 Å². The Morgan fingerprint density at radius 3 is 2.47 bits per heavy atom. The van der Waals surface area contributed by atoms with Crippen LogP contribution in [0.1, 0.15) is 20.8 Å².